The largest absolute Gasteiger partial charge is 0.349 e. The monoisotopic (exact) mass is 431 g/mol. The summed E-state index contributed by atoms with van der Waals surface area (Å²) in [7, 11) is 0. The first-order valence-electron chi connectivity index (χ1n) is 10.4. The number of halogens is 1. The third-order valence-corrected chi connectivity index (χ3v) is 7.32. The van der Waals surface area contributed by atoms with Crippen molar-refractivity contribution in [3.05, 3.63) is 50.9 Å². The maximum Gasteiger partial charge on any atom is 0.254 e. The minimum Gasteiger partial charge on any atom is -0.349 e. The summed E-state index contributed by atoms with van der Waals surface area (Å²) in [5.41, 5.74) is 1.43. The number of hydrogen-bond donors (Lipinski definition) is 1. The smallest absolute Gasteiger partial charge is 0.254 e. The van der Waals surface area contributed by atoms with Crippen molar-refractivity contribution >= 4 is 34.8 Å². The van der Waals surface area contributed by atoms with E-state index in [1.165, 1.54) is 6.42 Å². The van der Waals surface area contributed by atoms with Crippen LogP contribution in [0, 0.1) is 5.92 Å². The fraction of sp³-hybridized carbons (Fsp3) is 0.500. The van der Waals surface area contributed by atoms with Gasteiger partial charge in [0.25, 0.3) is 5.91 Å². The van der Waals surface area contributed by atoms with Gasteiger partial charge < -0.3 is 10.2 Å². The predicted molar refractivity (Wildman–Crippen MR) is 115 cm³/mol. The number of fused-ring (bicyclic) bond motifs is 1. The zero-order chi connectivity index (χ0) is 20.4. The van der Waals surface area contributed by atoms with E-state index < -0.39 is 6.04 Å². The van der Waals surface area contributed by atoms with Crippen LogP contribution in [0.4, 0.5) is 0 Å². The van der Waals surface area contributed by atoms with Gasteiger partial charge in [0, 0.05) is 22.0 Å². The third kappa shape index (κ3) is 4.33. The molecule has 2 amide bonds. The number of rotatable bonds is 5. The molecule has 1 aromatic heterocycles. The highest BCUT2D eigenvalue weighted by atomic mass is 35.5. The van der Waals surface area contributed by atoms with Gasteiger partial charge in [0.2, 0.25) is 5.91 Å². The van der Waals surface area contributed by atoms with E-state index in [-0.39, 0.29) is 17.9 Å². The maximum atomic E-state index is 13.4. The van der Waals surface area contributed by atoms with Crippen LogP contribution in [0.25, 0.3) is 0 Å². The number of carbonyl (C=O) groups excluding carboxylic acids is 2. The summed E-state index contributed by atoms with van der Waals surface area (Å²) in [6.45, 7) is 2.47. The fourth-order valence-electron chi connectivity index (χ4n) is 4.64. The average molecular weight is 432 g/mol. The third-order valence-electron chi connectivity index (χ3n) is 6.04. The quantitative estimate of drug-likeness (QED) is 0.760. The Bertz CT molecular complexity index is 900. The van der Waals surface area contributed by atoms with Crippen LogP contribution in [0.1, 0.15) is 60.1 Å². The van der Waals surface area contributed by atoms with Gasteiger partial charge in [0.1, 0.15) is 6.04 Å². The van der Waals surface area contributed by atoms with Gasteiger partial charge >= 0.3 is 0 Å². The van der Waals surface area contributed by atoms with Gasteiger partial charge in [-0.05, 0) is 49.8 Å². The summed E-state index contributed by atoms with van der Waals surface area (Å²) in [6, 6.07) is 6.72. The second-order valence-corrected chi connectivity index (χ2v) is 9.27. The highest BCUT2D eigenvalue weighted by molar-refractivity contribution is 7.09. The number of amides is 2. The lowest BCUT2D eigenvalue weighted by Gasteiger charge is -2.33. The zero-order valence-corrected chi connectivity index (χ0v) is 18.1. The van der Waals surface area contributed by atoms with Gasteiger partial charge in [-0.15, -0.1) is 11.3 Å². The van der Waals surface area contributed by atoms with Crippen molar-refractivity contribution in [3.8, 4) is 0 Å². The molecule has 0 bridgehead atoms. The molecule has 1 saturated carbocycles. The Hall–Kier alpha value is -1.92. The highest BCUT2D eigenvalue weighted by Crippen LogP contribution is 2.40. The average Bonchev–Trinajstić information content (AvgIpc) is 3.36. The Balaban J connectivity index is 1.52. The van der Waals surface area contributed by atoms with Crippen molar-refractivity contribution in [1.82, 2.24) is 15.2 Å². The first kappa shape index (κ1) is 20.4. The van der Waals surface area contributed by atoms with Gasteiger partial charge in [-0.1, -0.05) is 37.4 Å². The van der Waals surface area contributed by atoms with E-state index in [0.29, 0.717) is 23.0 Å². The summed E-state index contributed by atoms with van der Waals surface area (Å²) < 4.78 is 0. The molecule has 7 heteroatoms. The van der Waals surface area contributed by atoms with Gasteiger partial charge in [-0.25, -0.2) is 4.98 Å². The molecule has 1 aliphatic heterocycles. The van der Waals surface area contributed by atoms with Gasteiger partial charge in [-0.2, -0.15) is 0 Å². The topological polar surface area (TPSA) is 62.3 Å². The number of nitrogens with one attached hydrogen (secondary N) is 1. The number of aryl methyl sites for hydroxylation is 1. The van der Waals surface area contributed by atoms with Crippen LogP contribution < -0.4 is 5.32 Å². The van der Waals surface area contributed by atoms with Crippen LogP contribution in [-0.2, 0) is 17.8 Å². The van der Waals surface area contributed by atoms with Crippen LogP contribution in [0.5, 0.6) is 0 Å². The van der Waals surface area contributed by atoms with Gasteiger partial charge in [0.05, 0.1) is 17.2 Å². The predicted octanol–water partition coefficient (Wildman–Crippen LogP) is 4.45. The lowest BCUT2D eigenvalue weighted by molar-refractivity contribution is -0.125. The minimum atomic E-state index is -0.432. The number of aromatic nitrogens is 1. The number of nitrogens with zero attached hydrogens (tertiary/aromatic N) is 2. The standard InChI is InChI=1S/C22H26ClN3O2S/c1-2-20-25-17(13-29-20)12-24-21(27)19-11-14-6-3-4-9-18(14)26(19)22(28)15-7-5-8-16(23)10-15/h5,7-8,10,13-14,18-19H,2-4,6,9,11-12H2,1H3,(H,24,27). The minimum absolute atomic E-state index is 0.0826. The molecule has 1 aromatic carbocycles. The molecule has 4 rings (SSSR count). The summed E-state index contributed by atoms with van der Waals surface area (Å²) >= 11 is 7.72. The zero-order valence-electron chi connectivity index (χ0n) is 16.6. The van der Waals surface area contributed by atoms with Crippen molar-refractivity contribution in [2.45, 2.75) is 64.1 Å². The first-order valence-corrected chi connectivity index (χ1v) is 11.6. The molecule has 1 N–H and O–H groups in total. The molecule has 3 unspecified atom stereocenters. The molecule has 2 heterocycles. The molecule has 2 aliphatic rings. The number of likely N-dealkylation sites (tertiary alicyclic amines) is 1. The van der Waals surface area contributed by atoms with Crippen LogP contribution in [0.15, 0.2) is 29.6 Å². The molecule has 29 heavy (non-hydrogen) atoms. The Morgan fingerprint density at radius 1 is 1.31 bits per heavy atom. The second kappa shape index (κ2) is 8.84. The Morgan fingerprint density at radius 3 is 2.90 bits per heavy atom. The first-order chi connectivity index (χ1) is 14.1. The number of benzene rings is 1. The van der Waals surface area contributed by atoms with Crippen molar-refractivity contribution in [3.63, 3.8) is 0 Å². The van der Waals surface area contributed by atoms with Crippen LogP contribution in [-0.4, -0.2) is 33.8 Å². The van der Waals surface area contributed by atoms with Crippen molar-refractivity contribution in [2.75, 3.05) is 0 Å². The van der Waals surface area contributed by atoms with E-state index in [2.05, 4.69) is 17.2 Å². The molecule has 5 nitrogen and oxygen atoms in total. The molecular weight excluding hydrogens is 406 g/mol. The van der Waals surface area contributed by atoms with Crippen molar-refractivity contribution in [1.29, 1.82) is 0 Å². The summed E-state index contributed by atoms with van der Waals surface area (Å²) in [5, 5.41) is 6.61. The van der Waals surface area contributed by atoms with E-state index in [4.69, 9.17) is 11.6 Å². The van der Waals surface area contributed by atoms with Crippen LogP contribution in [0.3, 0.4) is 0 Å². The Kier molecular flexibility index (Phi) is 6.20. The van der Waals surface area contributed by atoms with Gasteiger partial charge in [-0.3, -0.25) is 9.59 Å². The van der Waals surface area contributed by atoms with E-state index in [1.54, 1.807) is 35.6 Å². The van der Waals surface area contributed by atoms with Crippen molar-refractivity contribution < 1.29 is 9.59 Å². The molecule has 0 spiro atoms. The second-order valence-electron chi connectivity index (χ2n) is 7.89. The molecule has 3 atom stereocenters. The van der Waals surface area contributed by atoms with E-state index in [0.717, 1.165) is 42.8 Å². The molecule has 154 valence electrons. The maximum absolute atomic E-state index is 13.4. The number of carbonyl (C=O) groups is 2. The Labute approximate surface area is 180 Å². The molecule has 1 aliphatic carbocycles. The van der Waals surface area contributed by atoms with Crippen molar-refractivity contribution in [2.24, 2.45) is 5.92 Å². The normalized spacial score (nSPS) is 23.7. The van der Waals surface area contributed by atoms with Gasteiger partial charge in [0.15, 0.2) is 0 Å². The molecular formula is C22H26ClN3O2S. The molecule has 2 fully saturated rings. The fourth-order valence-corrected chi connectivity index (χ4v) is 5.58. The van der Waals surface area contributed by atoms with E-state index >= 15 is 0 Å². The SMILES string of the molecule is CCc1nc(CNC(=O)C2CC3CCCCC3N2C(=O)c2cccc(Cl)c2)cs1. The highest BCUT2D eigenvalue weighted by Gasteiger charge is 2.47. The van der Waals surface area contributed by atoms with Crippen LogP contribution in [0.2, 0.25) is 5.02 Å². The summed E-state index contributed by atoms with van der Waals surface area (Å²) in [5.74, 6) is 0.221. The summed E-state index contributed by atoms with van der Waals surface area (Å²) in [4.78, 5) is 32.8. The number of hydrogen-bond acceptors (Lipinski definition) is 4. The lowest BCUT2D eigenvalue weighted by atomic mass is 9.84. The summed E-state index contributed by atoms with van der Waals surface area (Å²) in [6.07, 6.45) is 5.96. The van der Waals surface area contributed by atoms with E-state index in [9.17, 15) is 9.59 Å². The van der Waals surface area contributed by atoms with Crippen LogP contribution >= 0.6 is 22.9 Å². The Morgan fingerprint density at radius 2 is 2.14 bits per heavy atom. The molecule has 2 aromatic rings. The molecule has 0 radical (unpaired) electrons. The van der Waals surface area contributed by atoms with E-state index in [1.807, 2.05) is 10.3 Å². The lowest BCUT2D eigenvalue weighted by Crippen LogP contribution is -2.49. The number of thiazole rings is 1. The molecule has 1 saturated heterocycles.